The molecule has 0 bridgehead atoms. The fourth-order valence-electron chi connectivity index (χ4n) is 2.76. The molecule has 0 unspecified atom stereocenters. The maximum absolute atomic E-state index is 4.76. The third-order valence-corrected chi connectivity index (χ3v) is 4.08. The minimum absolute atomic E-state index is 0.926. The monoisotopic (exact) mass is 335 g/mol. The van der Waals surface area contributed by atoms with Crippen molar-refractivity contribution in [2.45, 2.75) is 0 Å². The number of fused-ring (bicyclic) bond motifs is 1. The van der Waals surface area contributed by atoms with Crippen LogP contribution in [0.25, 0.3) is 35.2 Å². The maximum Gasteiger partial charge on any atom is 0.0715 e. The summed E-state index contributed by atoms with van der Waals surface area (Å²) < 4.78 is 0. The van der Waals surface area contributed by atoms with E-state index in [2.05, 4.69) is 40.3 Å². The highest BCUT2D eigenvalue weighted by Gasteiger charge is 2.02. The van der Waals surface area contributed by atoms with Crippen molar-refractivity contribution in [3.05, 3.63) is 102 Å². The van der Waals surface area contributed by atoms with E-state index < -0.39 is 0 Å². The van der Waals surface area contributed by atoms with E-state index in [4.69, 9.17) is 4.98 Å². The van der Waals surface area contributed by atoms with E-state index in [1.54, 1.807) is 24.8 Å². The molecule has 0 N–H and O–H groups in total. The Bertz CT molecular complexity index is 1070. The van der Waals surface area contributed by atoms with Gasteiger partial charge in [0.25, 0.3) is 0 Å². The summed E-state index contributed by atoms with van der Waals surface area (Å²) in [6.07, 6.45) is 15.5. The molecule has 0 radical (unpaired) electrons. The van der Waals surface area contributed by atoms with E-state index >= 15 is 0 Å². The van der Waals surface area contributed by atoms with Crippen LogP contribution in [0, 0.1) is 0 Å². The Morgan fingerprint density at radius 3 is 1.92 bits per heavy atom. The molecule has 1 aromatic carbocycles. The predicted molar refractivity (Wildman–Crippen MR) is 108 cm³/mol. The van der Waals surface area contributed by atoms with Crippen molar-refractivity contribution in [1.29, 1.82) is 0 Å². The summed E-state index contributed by atoms with van der Waals surface area (Å²) in [6, 6.07) is 18.2. The summed E-state index contributed by atoms with van der Waals surface area (Å²) in [5.41, 5.74) is 5.27. The highest BCUT2D eigenvalue weighted by atomic mass is 14.7. The highest BCUT2D eigenvalue weighted by molar-refractivity contribution is 5.92. The van der Waals surface area contributed by atoms with E-state index in [1.807, 2.05) is 48.5 Å². The van der Waals surface area contributed by atoms with Gasteiger partial charge in [0.2, 0.25) is 0 Å². The van der Waals surface area contributed by atoms with Gasteiger partial charge < -0.3 is 0 Å². The molecule has 124 valence electrons. The third-order valence-electron chi connectivity index (χ3n) is 4.08. The van der Waals surface area contributed by atoms with E-state index in [9.17, 15) is 0 Å². The van der Waals surface area contributed by atoms with Crippen LogP contribution in [0.3, 0.4) is 0 Å². The average molecular weight is 335 g/mol. The topological polar surface area (TPSA) is 38.7 Å². The van der Waals surface area contributed by atoms with Gasteiger partial charge in [-0.25, -0.2) is 4.98 Å². The molecule has 26 heavy (non-hydrogen) atoms. The molecule has 4 rings (SSSR count). The summed E-state index contributed by atoms with van der Waals surface area (Å²) in [4.78, 5) is 12.9. The number of hydrogen-bond acceptors (Lipinski definition) is 3. The van der Waals surface area contributed by atoms with Gasteiger partial charge in [-0.3, -0.25) is 9.97 Å². The van der Waals surface area contributed by atoms with Crippen molar-refractivity contribution in [3.8, 4) is 0 Å². The molecule has 3 heterocycles. The van der Waals surface area contributed by atoms with Crippen LogP contribution in [0.5, 0.6) is 0 Å². The lowest BCUT2D eigenvalue weighted by Gasteiger charge is -2.04. The molecule has 4 aromatic rings. The van der Waals surface area contributed by atoms with Gasteiger partial charge in [-0.1, -0.05) is 36.4 Å². The van der Waals surface area contributed by atoms with Crippen molar-refractivity contribution in [1.82, 2.24) is 15.0 Å². The second kappa shape index (κ2) is 7.53. The average Bonchev–Trinajstić information content (AvgIpc) is 2.72. The van der Waals surface area contributed by atoms with Crippen molar-refractivity contribution >= 4 is 35.2 Å². The van der Waals surface area contributed by atoms with Gasteiger partial charge in [0.1, 0.15) is 0 Å². The predicted octanol–water partition coefficient (Wildman–Crippen LogP) is 5.37. The minimum Gasteiger partial charge on any atom is -0.265 e. The number of benzene rings is 1. The van der Waals surface area contributed by atoms with Crippen LogP contribution in [0.1, 0.15) is 22.4 Å². The molecule has 0 fully saturated rings. The first-order valence-electron chi connectivity index (χ1n) is 8.44. The van der Waals surface area contributed by atoms with E-state index in [1.165, 1.54) is 0 Å². The van der Waals surface area contributed by atoms with Crippen molar-refractivity contribution in [2.24, 2.45) is 0 Å². The fraction of sp³-hybridized carbons (Fsp3) is 0. The van der Waals surface area contributed by atoms with Crippen LogP contribution in [0.15, 0.2) is 79.4 Å². The van der Waals surface area contributed by atoms with Crippen LogP contribution in [0.2, 0.25) is 0 Å². The lowest BCUT2D eigenvalue weighted by atomic mass is 10.1. The molecule has 3 aromatic heterocycles. The molecule has 0 saturated heterocycles. The quantitative estimate of drug-likeness (QED) is 0.503. The number of pyridine rings is 3. The summed E-state index contributed by atoms with van der Waals surface area (Å²) in [5.74, 6) is 0. The Morgan fingerprint density at radius 1 is 0.615 bits per heavy atom. The Hall–Kier alpha value is -3.59. The van der Waals surface area contributed by atoms with E-state index in [0.717, 1.165) is 33.3 Å². The molecular weight excluding hydrogens is 318 g/mol. The summed E-state index contributed by atoms with van der Waals surface area (Å²) in [7, 11) is 0. The summed E-state index contributed by atoms with van der Waals surface area (Å²) >= 11 is 0. The number of aromatic nitrogens is 3. The van der Waals surface area contributed by atoms with Gasteiger partial charge in [0, 0.05) is 30.2 Å². The maximum atomic E-state index is 4.76. The molecular formula is C23H17N3. The van der Waals surface area contributed by atoms with Gasteiger partial charge in [0.15, 0.2) is 0 Å². The standard InChI is InChI=1S/C23H17N3/c1-2-4-23-22(3-1)20(7-5-18-9-13-24-14-10-18)17-21(26-23)8-6-19-11-15-25-16-12-19/h1-17H/b7-5+,8-6+. The van der Waals surface area contributed by atoms with Gasteiger partial charge in [-0.2, -0.15) is 0 Å². The van der Waals surface area contributed by atoms with Crippen molar-refractivity contribution < 1.29 is 0 Å². The normalized spacial score (nSPS) is 11.5. The number of hydrogen-bond donors (Lipinski definition) is 0. The smallest absolute Gasteiger partial charge is 0.0715 e. The van der Waals surface area contributed by atoms with Crippen LogP contribution in [-0.2, 0) is 0 Å². The Labute approximate surface area is 152 Å². The minimum atomic E-state index is 0.926. The van der Waals surface area contributed by atoms with Crippen molar-refractivity contribution in [2.75, 3.05) is 0 Å². The molecule has 0 aliphatic heterocycles. The second-order valence-electron chi connectivity index (χ2n) is 5.88. The van der Waals surface area contributed by atoms with E-state index in [-0.39, 0.29) is 0 Å². The first-order valence-corrected chi connectivity index (χ1v) is 8.44. The zero-order valence-electron chi connectivity index (χ0n) is 14.2. The highest BCUT2D eigenvalue weighted by Crippen LogP contribution is 2.22. The molecule has 3 nitrogen and oxygen atoms in total. The lowest BCUT2D eigenvalue weighted by Crippen LogP contribution is -1.87. The Kier molecular flexibility index (Phi) is 4.61. The molecule has 0 saturated carbocycles. The van der Waals surface area contributed by atoms with Gasteiger partial charge >= 0.3 is 0 Å². The SMILES string of the molecule is C(=C\c1cc(/C=C/c2ccncc2)c2ccccc2n1)/c1ccncc1. The van der Waals surface area contributed by atoms with Gasteiger partial charge in [0.05, 0.1) is 11.2 Å². The lowest BCUT2D eigenvalue weighted by molar-refractivity contribution is 1.32. The van der Waals surface area contributed by atoms with E-state index in [0.29, 0.717) is 0 Å². The molecule has 0 aliphatic carbocycles. The van der Waals surface area contributed by atoms with Gasteiger partial charge in [-0.05, 0) is 59.2 Å². The molecule has 3 heteroatoms. The molecule has 0 amide bonds. The zero-order chi connectivity index (χ0) is 17.6. The van der Waals surface area contributed by atoms with Crippen LogP contribution in [0.4, 0.5) is 0 Å². The number of nitrogens with zero attached hydrogens (tertiary/aromatic N) is 3. The summed E-state index contributed by atoms with van der Waals surface area (Å²) in [5, 5.41) is 1.14. The van der Waals surface area contributed by atoms with Crippen LogP contribution < -0.4 is 0 Å². The first kappa shape index (κ1) is 15.9. The largest absolute Gasteiger partial charge is 0.265 e. The number of rotatable bonds is 4. The summed E-state index contributed by atoms with van der Waals surface area (Å²) in [6.45, 7) is 0. The molecule has 0 aliphatic rings. The number of para-hydroxylation sites is 1. The second-order valence-corrected chi connectivity index (χ2v) is 5.88. The zero-order valence-corrected chi connectivity index (χ0v) is 14.2. The Balaban J connectivity index is 1.74. The van der Waals surface area contributed by atoms with Crippen LogP contribution >= 0.6 is 0 Å². The van der Waals surface area contributed by atoms with Crippen molar-refractivity contribution in [3.63, 3.8) is 0 Å². The van der Waals surface area contributed by atoms with Crippen LogP contribution in [-0.4, -0.2) is 15.0 Å². The molecule has 0 atom stereocenters. The fourth-order valence-corrected chi connectivity index (χ4v) is 2.76. The third kappa shape index (κ3) is 3.73. The Morgan fingerprint density at radius 2 is 1.23 bits per heavy atom. The first-order chi connectivity index (χ1) is 12.9. The van der Waals surface area contributed by atoms with Gasteiger partial charge in [-0.15, -0.1) is 0 Å². The molecule has 0 spiro atoms.